The summed E-state index contributed by atoms with van der Waals surface area (Å²) < 4.78 is 9.81. The highest BCUT2D eigenvalue weighted by molar-refractivity contribution is 7.99. The summed E-state index contributed by atoms with van der Waals surface area (Å²) in [6, 6.07) is 4.78. The molecule has 9 heteroatoms. The van der Waals surface area contributed by atoms with E-state index in [1.807, 2.05) is 25.2 Å². The maximum atomic E-state index is 12.7. The van der Waals surface area contributed by atoms with Gasteiger partial charge in [-0.25, -0.2) is 14.4 Å². The van der Waals surface area contributed by atoms with Crippen molar-refractivity contribution in [2.45, 2.75) is 39.5 Å². The van der Waals surface area contributed by atoms with Crippen molar-refractivity contribution in [1.29, 1.82) is 0 Å². The molecule has 0 amide bonds. The molecular weight excluding hydrogens is 458 g/mol. The topological polar surface area (TPSA) is 108 Å². The minimum atomic E-state index is -0.677. The average Bonchev–Trinajstić information content (AvgIpc) is 2.82. The largest absolute Gasteiger partial charge is 0.465 e. The normalized spacial score (nSPS) is 12.5. The predicted molar refractivity (Wildman–Crippen MR) is 131 cm³/mol. The molecule has 0 bridgehead atoms. The van der Waals surface area contributed by atoms with Gasteiger partial charge < -0.3 is 14.3 Å². The third-order valence-electron chi connectivity index (χ3n) is 4.21. The highest BCUT2D eigenvalue weighted by Crippen LogP contribution is 2.25. The smallest absolute Gasteiger partial charge is 0.338 e. The Balaban J connectivity index is 3.17. The molecule has 0 spiro atoms. The van der Waals surface area contributed by atoms with Crippen LogP contribution in [0.3, 0.4) is 0 Å². The second-order valence-corrected chi connectivity index (χ2v) is 7.94. The number of allylic oxidation sites excluding steroid dienone is 4. The molecule has 34 heavy (non-hydrogen) atoms. The molecular formula is C25H29NO7S. The minimum absolute atomic E-state index is 0.0736. The number of carbonyl (C=O) groups excluding carboxylic acids is 4. The number of carbonyl (C=O) groups is 4. The van der Waals surface area contributed by atoms with E-state index in [4.69, 9.17) is 9.47 Å². The Labute approximate surface area is 203 Å². The van der Waals surface area contributed by atoms with Crippen LogP contribution in [0.4, 0.5) is 0 Å². The van der Waals surface area contributed by atoms with Gasteiger partial charge in [-0.3, -0.25) is 4.79 Å². The minimum Gasteiger partial charge on any atom is -0.465 e. The summed E-state index contributed by atoms with van der Waals surface area (Å²) in [5.41, 5.74) is 1.49. The van der Waals surface area contributed by atoms with Gasteiger partial charge in [0.05, 0.1) is 19.3 Å². The first-order valence-corrected chi connectivity index (χ1v) is 11.4. The van der Waals surface area contributed by atoms with Crippen molar-refractivity contribution in [2.75, 3.05) is 19.5 Å². The van der Waals surface area contributed by atoms with Crippen molar-refractivity contribution in [2.24, 2.45) is 5.16 Å². The molecule has 0 atom stereocenters. The zero-order valence-corrected chi connectivity index (χ0v) is 21.0. The number of rotatable bonds is 11. The van der Waals surface area contributed by atoms with Crippen molar-refractivity contribution in [3.8, 4) is 0 Å². The third kappa shape index (κ3) is 9.19. The molecule has 0 fully saturated rings. The number of ether oxygens (including phenoxy) is 2. The van der Waals surface area contributed by atoms with Gasteiger partial charge >= 0.3 is 17.9 Å². The summed E-state index contributed by atoms with van der Waals surface area (Å²) in [5.74, 6) is -1.74. The van der Waals surface area contributed by atoms with Crippen molar-refractivity contribution in [3.63, 3.8) is 0 Å². The first-order chi connectivity index (χ1) is 16.1. The van der Waals surface area contributed by atoms with Crippen LogP contribution in [0.25, 0.3) is 0 Å². The molecule has 1 rings (SSSR count). The number of hydrogen-bond acceptors (Lipinski definition) is 9. The average molecular weight is 488 g/mol. The van der Waals surface area contributed by atoms with E-state index in [1.54, 1.807) is 32.1 Å². The van der Waals surface area contributed by atoms with Crippen LogP contribution in [0.1, 0.15) is 55.3 Å². The number of thioether (sulfide) groups is 1. The molecule has 0 aliphatic carbocycles. The van der Waals surface area contributed by atoms with Gasteiger partial charge in [0.2, 0.25) is 5.78 Å². The molecule has 0 radical (unpaired) electrons. The molecule has 0 aliphatic heterocycles. The monoisotopic (exact) mass is 487 g/mol. The zero-order chi connectivity index (χ0) is 25.7. The second kappa shape index (κ2) is 14.6. The molecule has 0 aromatic heterocycles. The van der Waals surface area contributed by atoms with Crippen LogP contribution in [0.15, 0.2) is 63.7 Å². The standard InChI is InChI=1S/C25H29NO7S/c1-7-9-19(11-10-16(3)24(29)32-8-2)15-34-20-12-13-21(22(14-20)25(30)31-6)23(28)17(4)26-33-18(5)27/h7,9-14H,8,15H2,1-6H3/b9-7-,16-10+,19-11+,26-17+. The molecule has 0 saturated heterocycles. The van der Waals surface area contributed by atoms with Crippen LogP contribution in [0.5, 0.6) is 0 Å². The van der Waals surface area contributed by atoms with Gasteiger partial charge in [0.25, 0.3) is 0 Å². The van der Waals surface area contributed by atoms with E-state index in [2.05, 4.69) is 9.99 Å². The quantitative estimate of drug-likeness (QED) is 0.0646. The fraction of sp³-hybridized carbons (Fsp3) is 0.320. The lowest BCUT2D eigenvalue weighted by Crippen LogP contribution is -2.17. The summed E-state index contributed by atoms with van der Waals surface area (Å²) in [4.78, 5) is 53.0. The zero-order valence-electron chi connectivity index (χ0n) is 20.2. The lowest BCUT2D eigenvalue weighted by atomic mass is 10.0. The van der Waals surface area contributed by atoms with Crippen LogP contribution < -0.4 is 0 Å². The van der Waals surface area contributed by atoms with E-state index < -0.39 is 17.7 Å². The molecule has 0 unspecified atom stereocenters. The summed E-state index contributed by atoms with van der Waals surface area (Å²) in [6.45, 7) is 8.17. The van der Waals surface area contributed by atoms with Crippen LogP contribution >= 0.6 is 11.8 Å². The Morgan fingerprint density at radius 1 is 1.06 bits per heavy atom. The maximum Gasteiger partial charge on any atom is 0.338 e. The lowest BCUT2D eigenvalue weighted by Gasteiger charge is -2.10. The van der Waals surface area contributed by atoms with Crippen molar-refractivity contribution < 1.29 is 33.5 Å². The Morgan fingerprint density at radius 2 is 1.76 bits per heavy atom. The highest BCUT2D eigenvalue weighted by Gasteiger charge is 2.21. The SMILES string of the molecule is C\C=C/C(=C\C=C(/C)C(=O)OCC)CSc1ccc(C(=O)/C(C)=N/OC(C)=O)c(C(=O)OC)c1. The Morgan fingerprint density at radius 3 is 2.35 bits per heavy atom. The third-order valence-corrected chi connectivity index (χ3v) is 5.28. The van der Waals surface area contributed by atoms with Gasteiger partial charge in [-0.05, 0) is 51.5 Å². The second-order valence-electron chi connectivity index (χ2n) is 6.89. The molecule has 1 aromatic carbocycles. The number of ketones is 1. The maximum absolute atomic E-state index is 12.7. The van der Waals surface area contributed by atoms with Crippen LogP contribution in [0, 0.1) is 0 Å². The Bertz CT molecular complexity index is 1050. The van der Waals surface area contributed by atoms with Crippen LogP contribution in [-0.2, 0) is 23.9 Å². The summed E-state index contributed by atoms with van der Waals surface area (Å²) in [5, 5.41) is 3.49. The van der Waals surface area contributed by atoms with Gasteiger partial charge in [0, 0.05) is 28.7 Å². The molecule has 0 saturated carbocycles. The van der Waals surface area contributed by atoms with E-state index in [9.17, 15) is 19.2 Å². The van der Waals surface area contributed by atoms with Crippen molar-refractivity contribution in [3.05, 3.63) is 64.8 Å². The molecule has 182 valence electrons. The molecule has 0 aliphatic rings. The molecule has 0 heterocycles. The van der Waals surface area contributed by atoms with Crippen molar-refractivity contribution in [1.82, 2.24) is 0 Å². The number of esters is 2. The number of nitrogens with zero attached hydrogens (tertiary/aromatic N) is 1. The number of oxime groups is 1. The number of Topliss-reactive ketones (excluding diaryl/α,β-unsaturated/α-hetero) is 1. The predicted octanol–water partition coefficient (Wildman–Crippen LogP) is 4.70. The Kier molecular flexibility index (Phi) is 12.3. The first-order valence-electron chi connectivity index (χ1n) is 10.4. The van der Waals surface area contributed by atoms with Gasteiger partial charge in [0.15, 0.2) is 0 Å². The van der Waals surface area contributed by atoms with E-state index >= 15 is 0 Å². The number of methoxy groups -OCH3 is 1. The van der Waals surface area contributed by atoms with Gasteiger partial charge in [0.1, 0.15) is 5.71 Å². The van der Waals surface area contributed by atoms with Crippen LogP contribution in [-0.4, -0.2) is 48.9 Å². The highest BCUT2D eigenvalue weighted by atomic mass is 32.2. The van der Waals surface area contributed by atoms with E-state index in [0.717, 1.165) is 17.4 Å². The fourth-order valence-electron chi connectivity index (χ4n) is 2.54. The molecule has 8 nitrogen and oxygen atoms in total. The van der Waals surface area contributed by atoms with E-state index in [0.29, 0.717) is 17.9 Å². The first kappa shape index (κ1) is 28.6. The van der Waals surface area contributed by atoms with Gasteiger partial charge in [-0.15, -0.1) is 11.8 Å². The Hall–Kier alpha value is -3.46. The van der Waals surface area contributed by atoms with Gasteiger partial charge in [-0.1, -0.05) is 29.5 Å². The van der Waals surface area contributed by atoms with Crippen LogP contribution in [0.2, 0.25) is 0 Å². The van der Waals surface area contributed by atoms with E-state index in [1.165, 1.54) is 31.9 Å². The molecule has 0 N–H and O–H groups in total. The van der Waals surface area contributed by atoms with Gasteiger partial charge in [-0.2, -0.15) is 0 Å². The van der Waals surface area contributed by atoms with Crippen molar-refractivity contribution >= 4 is 41.2 Å². The number of benzene rings is 1. The molecule has 1 aromatic rings. The summed E-state index contributed by atoms with van der Waals surface area (Å²) in [6.07, 6.45) is 7.32. The summed E-state index contributed by atoms with van der Waals surface area (Å²) >= 11 is 1.44. The number of hydrogen-bond donors (Lipinski definition) is 0. The van der Waals surface area contributed by atoms with E-state index in [-0.39, 0.29) is 22.8 Å². The fourth-order valence-corrected chi connectivity index (χ4v) is 3.43. The summed E-state index contributed by atoms with van der Waals surface area (Å²) in [7, 11) is 1.22. The lowest BCUT2D eigenvalue weighted by molar-refractivity contribution is -0.141.